The average molecular weight is 239 g/mol. The Bertz CT molecular complexity index is 520. The lowest BCUT2D eigenvalue weighted by molar-refractivity contribution is 1.16. The Morgan fingerprint density at radius 3 is 1.88 bits per heavy atom. The summed E-state index contributed by atoms with van der Waals surface area (Å²) in [5, 5.41) is 8.74. The second kappa shape index (κ2) is 5.56. The summed E-state index contributed by atoms with van der Waals surface area (Å²) in [6.45, 7) is 0. The van der Waals surface area contributed by atoms with Crippen molar-refractivity contribution in [1.82, 2.24) is 0 Å². The van der Waals surface area contributed by atoms with Crippen LogP contribution in [0.4, 0.5) is 0 Å². The molecule has 2 rings (SSSR count). The van der Waals surface area contributed by atoms with Crippen LogP contribution in [0.5, 0.6) is 0 Å². The summed E-state index contributed by atoms with van der Waals surface area (Å²) >= 11 is 4.22. The second-order valence-electron chi connectivity index (χ2n) is 3.86. The SMILES string of the molecule is N#Cc1ccc(-c2ccc(CCS)cc2)cc1. The van der Waals surface area contributed by atoms with Gasteiger partial charge in [0.15, 0.2) is 0 Å². The molecule has 0 heterocycles. The van der Waals surface area contributed by atoms with Crippen LogP contribution in [0, 0.1) is 11.3 Å². The van der Waals surface area contributed by atoms with E-state index < -0.39 is 0 Å². The van der Waals surface area contributed by atoms with Crippen molar-refractivity contribution in [3.05, 3.63) is 59.7 Å². The fraction of sp³-hybridized carbons (Fsp3) is 0.133. The monoisotopic (exact) mass is 239 g/mol. The summed E-state index contributed by atoms with van der Waals surface area (Å²) in [6.07, 6.45) is 0.997. The third-order valence-electron chi connectivity index (χ3n) is 2.70. The highest BCUT2D eigenvalue weighted by Crippen LogP contribution is 2.20. The standard InChI is InChI=1S/C15H13NS/c16-11-13-3-7-15(8-4-13)14-5-1-12(2-6-14)9-10-17/h1-8,17H,9-10H2. The molecule has 0 saturated heterocycles. The van der Waals surface area contributed by atoms with Crippen LogP contribution in [-0.4, -0.2) is 5.75 Å². The first-order valence-electron chi connectivity index (χ1n) is 5.54. The fourth-order valence-corrected chi connectivity index (χ4v) is 1.99. The quantitative estimate of drug-likeness (QED) is 0.811. The fourth-order valence-electron chi connectivity index (χ4n) is 1.73. The van der Waals surface area contributed by atoms with E-state index in [1.807, 2.05) is 24.3 Å². The molecule has 0 amide bonds. The zero-order chi connectivity index (χ0) is 12.1. The molecule has 0 aliphatic rings. The van der Waals surface area contributed by atoms with Gasteiger partial charge in [-0.1, -0.05) is 36.4 Å². The van der Waals surface area contributed by atoms with Crippen molar-refractivity contribution in [3.8, 4) is 17.2 Å². The van der Waals surface area contributed by atoms with Gasteiger partial charge in [0, 0.05) is 0 Å². The van der Waals surface area contributed by atoms with Crippen molar-refractivity contribution < 1.29 is 0 Å². The Morgan fingerprint density at radius 1 is 0.882 bits per heavy atom. The minimum atomic E-state index is 0.695. The molecule has 17 heavy (non-hydrogen) atoms. The van der Waals surface area contributed by atoms with E-state index in [4.69, 9.17) is 5.26 Å². The van der Waals surface area contributed by atoms with Gasteiger partial charge >= 0.3 is 0 Å². The van der Waals surface area contributed by atoms with Crippen LogP contribution in [0.15, 0.2) is 48.5 Å². The van der Waals surface area contributed by atoms with Crippen molar-refractivity contribution in [1.29, 1.82) is 5.26 Å². The van der Waals surface area contributed by atoms with Gasteiger partial charge in [0.1, 0.15) is 0 Å². The lowest BCUT2D eigenvalue weighted by atomic mass is 10.0. The zero-order valence-electron chi connectivity index (χ0n) is 9.43. The van der Waals surface area contributed by atoms with Crippen LogP contribution >= 0.6 is 12.6 Å². The Balaban J connectivity index is 2.24. The van der Waals surface area contributed by atoms with E-state index in [2.05, 4.69) is 43.0 Å². The maximum atomic E-state index is 8.74. The molecular weight excluding hydrogens is 226 g/mol. The molecular formula is C15H13NS. The van der Waals surface area contributed by atoms with Crippen LogP contribution in [0.25, 0.3) is 11.1 Å². The molecule has 0 aromatic heterocycles. The summed E-state index contributed by atoms with van der Waals surface area (Å²) in [4.78, 5) is 0. The Hall–Kier alpha value is -1.72. The summed E-state index contributed by atoms with van der Waals surface area (Å²) in [5.74, 6) is 0.871. The summed E-state index contributed by atoms with van der Waals surface area (Å²) < 4.78 is 0. The van der Waals surface area contributed by atoms with Crippen molar-refractivity contribution in [2.75, 3.05) is 5.75 Å². The molecule has 0 N–H and O–H groups in total. The Labute approximate surface area is 107 Å². The Morgan fingerprint density at radius 2 is 1.41 bits per heavy atom. The summed E-state index contributed by atoms with van der Waals surface area (Å²) in [7, 11) is 0. The van der Waals surface area contributed by atoms with Gasteiger partial charge in [-0.3, -0.25) is 0 Å². The topological polar surface area (TPSA) is 23.8 Å². The third-order valence-corrected chi connectivity index (χ3v) is 2.93. The molecule has 0 saturated carbocycles. The highest BCUT2D eigenvalue weighted by Gasteiger charge is 1.98. The average Bonchev–Trinajstić information content (AvgIpc) is 2.40. The maximum Gasteiger partial charge on any atom is 0.0991 e. The molecule has 0 spiro atoms. The van der Waals surface area contributed by atoms with E-state index >= 15 is 0 Å². The van der Waals surface area contributed by atoms with Gasteiger partial charge in [0.25, 0.3) is 0 Å². The molecule has 0 aliphatic carbocycles. The minimum absolute atomic E-state index is 0.695. The molecule has 0 radical (unpaired) electrons. The van der Waals surface area contributed by atoms with Crippen molar-refractivity contribution in [2.45, 2.75) is 6.42 Å². The Kier molecular flexibility index (Phi) is 3.85. The minimum Gasteiger partial charge on any atom is -0.192 e. The predicted molar refractivity (Wildman–Crippen MR) is 74.2 cm³/mol. The molecule has 0 atom stereocenters. The molecule has 2 aromatic rings. The van der Waals surface area contributed by atoms with E-state index in [1.165, 1.54) is 11.1 Å². The molecule has 1 nitrogen and oxygen atoms in total. The van der Waals surface area contributed by atoms with Gasteiger partial charge in [-0.15, -0.1) is 0 Å². The molecule has 0 fully saturated rings. The normalized spacial score (nSPS) is 9.88. The second-order valence-corrected chi connectivity index (χ2v) is 4.31. The zero-order valence-corrected chi connectivity index (χ0v) is 10.3. The van der Waals surface area contributed by atoms with Crippen LogP contribution in [0.2, 0.25) is 0 Å². The van der Waals surface area contributed by atoms with Gasteiger partial charge < -0.3 is 0 Å². The number of nitriles is 1. The molecule has 2 heteroatoms. The largest absolute Gasteiger partial charge is 0.192 e. The van der Waals surface area contributed by atoms with E-state index in [0.29, 0.717) is 5.56 Å². The number of thiol groups is 1. The number of hydrogen-bond donors (Lipinski definition) is 1. The highest BCUT2D eigenvalue weighted by atomic mass is 32.1. The van der Waals surface area contributed by atoms with E-state index in [1.54, 1.807) is 0 Å². The van der Waals surface area contributed by atoms with Gasteiger partial charge in [-0.05, 0) is 41.0 Å². The smallest absolute Gasteiger partial charge is 0.0991 e. The van der Waals surface area contributed by atoms with Crippen LogP contribution < -0.4 is 0 Å². The highest BCUT2D eigenvalue weighted by molar-refractivity contribution is 7.80. The molecule has 0 unspecified atom stereocenters. The maximum absolute atomic E-state index is 8.74. The van der Waals surface area contributed by atoms with Crippen LogP contribution in [0.1, 0.15) is 11.1 Å². The van der Waals surface area contributed by atoms with E-state index in [0.717, 1.165) is 17.7 Å². The first-order valence-corrected chi connectivity index (χ1v) is 6.17. The first-order chi connectivity index (χ1) is 8.33. The van der Waals surface area contributed by atoms with E-state index in [-0.39, 0.29) is 0 Å². The number of nitrogens with zero attached hydrogens (tertiary/aromatic N) is 1. The molecule has 0 bridgehead atoms. The predicted octanol–water partition coefficient (Wildman–Crippen LogP) is 3.70. The third kappa shape index (κ3) is 2.89. The van der Waals surface area contributed by atoms with Crippen molar-refractivity contribution >= 4 is 12.6 Å². The van der Waals surface area contributed by atoms with Gasteiger partial charge in [-0.2, -0.15) is 17.9 Å². The number of aryl methyl sites for hydroxylation is 1. The lowest BCUT2D eigenvalue weighted by Crippen LogP contribution is -1.86. The molecule has 0 aliphatic heterocycles. The van der Waals surface area contributed by atoms with Gasteiger partial charge in [-0.25, -0.2) is 0 Å². The van der Waals surface area contributed by atoms with Crippen LogP contribution in [-0.2, 0) is 6.42 Å². The summed E-state index contributed by atoms with van der Waals surface area (Å²) in [6, 6.07) is 18.2. The number of rotatable bonds is 3. The van der Waals surface area contributed by atoms with Crippen molar-refractivity contribution in [3.63, 3.8) is 0 Å². The lowest BCUT2D eigenvalue weighted by Gasteiger charge is -2.03. The number of hydrogen-bond acceptors (Lipinski definition) is 2. The summed E-state index contributed by atoms with van der Waals surface area (Å²) in [5.41, 5.74) is 4.32. The van der Waals surface area contributed by atoms with Gasteiger partial charge in [0.05, 0.1) is 11.6 Å². The van der Waals surface area contributed by atoms with Gasteiger partial charge in [0.2, 0.25) is 0 Å². The number of benzene rings is 2. The molecule has 84 valence electrons. The molecule has 2 aromatic carbocycles. The van der Waals surface area contributed by atoms with Crippen LogP contribution in [0.3, 0.4) is 0 Å². The first kappa shape index (κ1) is 11.8. The van der Waals surface area contributed by atoms with Crippen molar-refractivity contribution in [2.24, 2.45) is 0 Å². The van der Waals surface area contributed by atoms with E-state index in [9.17, 15) is 0 Å².